The lowest BCUT2D eigenvalue weighted by atomic mass is 10.1. The van der Waals surface area contributed by atoms with Gasteiger partial charge in [-0.1, -0.05) is 41.9 Å². The van der Waals surface area contributed by atoms with Crippen LogP contribution in [0.25, 0.3) is 0 Å². The van der Waals surface area contributed by atoms with Gasteiger partial charge in [0.1, 0.15) is 5.82 Å². The minimum Gasteiger partial charge on any atom is -0.345 e. The zero-order valence-electron chi connectivity index (χ0n) is 16.3. The molecule has 0 aliphatic rings. The van der Waals surface area contributed by atoms with E-state index in [4.69, 9.17) is 11.6 Å². The third-order valence-electron chi connectivity index (χ3n) is 4.68. The van der Waals surface area contributed by atoms with Gasteiger partial charge in [-0.2, -0.15) is 0 Å². The Morgan fingerprint density at radius 3 is 2.30 bits per heavy atom. The van der Waals surface area contributed by atoms with Gasteiger partial charge in [-0.05, 0) is 55.0 Å². The molecule has 0 aromatic heterocycles. The number of anilines is 1. The van der Waals surface area contributed by atoms with Gasteiger partial charge in [-0.3, -0.25) is 9.10 Å². The molecule has 0 saturated carbocycles. The molecule has 0 unspecified atom stereocenters. The van der Waals surface area contributed by atoms with E-state index in [0.29, 0.717) is 5.69 Å². The third kappa shape index (κ3) is 4.63. The first kappa shape index (κ1) is 21.8. The average Bonchev–Trinajstić information content (AvgIpc) is 2.74. The van der Waals surface area contributed by atoms with Gasteiger partial charge in [0.2, 0.25) is 0 Å². The fourth-order valence-corrected chi connectivity index (χ4v) is 4.29. The number of benzene rings is 3. The van der Waals surface area contributed by atoms with E-state index in [1.807, 2.05) is 0 Å². The molecule has 3 aromatic rings. The maximum Gasteiger partial charge on any atom is 0.264 e. The van der Waals surface area contributed by atoms with Crippen LogP contribution in [0.4, 0.5) is 10.1 Å². The Balaban J connectivity index is 1.86. The minimum absolute atomic E-state index is 0.137. The van der Waals surface area contributed by atoms with Crippen LogP contribution < -0.4 is 9.62 Å². The monoisotopic (exact) mass is 446 g/mol. The summed E-state index contributed by atoms with van der Waals surface area (Å²) in [5.41, 5.74) is 1.15. The van der Waals surface area contributed by atoms with Gasteiger partial charge >= 0.3 is 0 Å². The molecule has 0 aliphatic carbocycles. The van der Waals surface area contributed by atoms with Crippen molar-refractivity contribution in [2.45, 2.75) is 17.9 Å². The van der Waals surface area contributed by atoms with E-state index in [2.05, 4.69) is 5.32 Å². The molecule has 0 fully saturated rings. The Morgan fingerprint density at radius 2 is 1.67 bits per heavy atom. The molecular weight excluding hydrogens is 427 g/mol. The van der Waals surface area contributed by atoms with Gasteiger partial charge in [0.15, 0.2) is 0 Å². The van der Waals surface area contributed by atoms with Crippen molar-refractivity contribution >= 4 is 33.2 Å². The average molecular weight is 447 g/mol. The summed E-state index contributed by atoms with van der Waals surface area (Å²) in [4.78, 5) is 12.9. The fourth-order valence-electron chi connectivity index (χ4n) is 2.88. The van der Waals surface area contributed by atoms with Gasteiger partial charge in [-0.25, -0.2) is 12.8 Å². The molecule has 0 spiro atoms. The maximum absolute atomic E-state index is 13.1. The van der Waals surface area contributed by atoms with Gasteiger partial charge in [0.05, 0.1) is 27.2 Å². The number of carbonyl (C=O) groups is 1. The zero-order valence-corrected chi connectivity index (χ0v) is 17.9. The summed E-state index contributed by atoms with van der Waals surface area (Å²) in [6, 6.07) is 17.8. The third-order valence-corrected chi connectivity index (χ3v) is 6.81. The van der Waals surface area contributed by atoms with Crippen LogP contribution in [-0.2, 0) is 10.0 Å². The smallest absolute Gasteiger partial charge is 0.264 e. The normalized spacial score (nSPS) is 12.3. The van der Waals surface area contributed by atoms with Crippen molar-refractivity contribution in [3.8, 4) is 0 Å². The van der Waals surface area contributed by atoms with Crippen LogP contribution in [0.3, 0.4) is 0 Å². The molecule has 0 aliphatic heterocycles. The number of hydrogen-bond acceptors (Lipinski definition) is 3. The number of halogens is 2. The molecule has 30 heavy (non-hydrogen) atoms. The molecule has 1 atom stereocenters. The number of sulfonamides is 1. The Kier molecular flexibility index (Phi) is 6.43. The Hall–Kier alpha value is -2.90. The largest absolute Gasteiger partial charge is 0.345 e. The number of nitrogens with one attached hydrogen (secondary N) is 1. The number of hydrogen-bond donors (Lipinski definition) is 1. The first-order chi connectivity index (χ1) is 14.2. The number of rotatable bonds is 6. The van der Waals surface area contributed by atoms with Crippen molar-refractivity contribution < 1.29 is 17.6 Å². The molecule has 0 heterocycles. The quantitative estimate of drug-likeness (QED) is 0.591. The molecule has 5 nitrogen and oxygen atoms in total. The van der Waals surface area contributed by atoms with Crippen molar-refractivity contribution in [1.82, 2.24) is 5.32 Å². The minimum atomic E-state index is -3.79. The van der Waals surface area contributed by atoms with Crippen molar-refractivity contribution in [1.29, 1.82) is 0 Å². The first-order valence-corrected chi connectivity index (χ1v) is 10.9. The van der Waals surface area contributed by atoms with Crippen LogP contribution in [0.1, 0.15) is 28.9 Å². The Labute approximate surface area is 180 Å². The van der Waals surface area contributed by atoms with Crippen molar-refractivity contribution in [2.24, 2.45) is 0 Å². The second kappa shape index (κ2) is 8.85. The molecule has 0 saturated heterocycles. The van der Waals surface area contributed by atoms with E-state index >= 15 is 0 Å². The highest BCUT2D eigenvalue weighted by Crippen LogP contribution is 2.27. The molecule has 3 rings (SSSR count). The summed E-state index contributed by atoms with van der Waals surface area (Å²) in [5, 5.41) is 2.98. The van der Waals surface area contributed by atoms with Crippen molar-refractivity contribution in [3.05, 3.63) is 94.8 Å². The molecular formula is C22H20ClFN2O3S. The van der Waals surface area contributed by atoms with Crippen LogP contribution in [0.15, 0.2) is 77.7 Å². The van der Waals surface area contributed by atoms with Crippen molar-refractivity contribution in [2.75, 3.05) is 11.4 Å². The lowest BCUT2D eigenvalue weighted by Gasteiger charge is -2.21. The highest BCUT2D eigenvalue weighted by atomic mass is 35.5. The Bertz CT molecular complexity index is 1150. The van der Waals surface area contributed by atoms with Crippen LogP contribution >= 0.6 is 11.6 Å². The molecule has 156 valence electrons. The summed E-state index contributed by atoms with van der Waals surface area (Å²) < 4.78 is 39.9. The molecule has 3 aromatic carbocycles. The van der Waals surface area contributed by atoms with Crippen LogP contribution in [0.5, 0.6) is 0 Å². The highest BCUT2D eigenvalue weighted by Gasteiger charge is 2.23. The second-order valence-electron chi connectivity index (χ2n) is 6.70. The predicted octanol–water partition coefficient (Wildman–Crippen LogP) is 4.80. The fraction of sp³-hybridized carbons (Fsp3) is 0.136. The van der Waals surface area contributed by atoms with Crippen LogP contribution in [-0.4, -0.2) is 21.4 Å². The van der Waals surface area contributed by atoms with Crippen molar-refractivity contribution in [3.63, 3.8) is 0 Å². The van der Waals surface area contributed by atoms with Gasteiger partial charge in [0, 0.05) is 7.05 Å². The van der Waals surface area contributed by atoms with Gasteiger partial charge in [-0.15, -0.1) is 0 Å². The highest BCUT2D eigenvalue weighted by molar-refractivity contribution is 7.92. The van der Waals surface area contributed by atoms with Gasteiger partial charge in [0.25, 0.3) is 15.9 Å². The summed E-state index contributed by atoms with van der Waals surface area (Å²) in [7, 11) is -2.38. The first-order valence-electron chi connectivity index (χ1n) is 9.10. The number of nitrogens with zero attached hydrogens (tertiary/aromatic N) is 1. The number of carbonyl (C=O) groups excluding carboxylic acids is 1. The summed E-state index contributed by atoms with van der Waals surface area (Å²) in [5.74, 6) is -0.833. The van der Waals surface area contributed by atoms with Gasteiger partial charge < -0.3 is 5.32 Å². The standard InChI is InChI=1S/C22H20ClFN2O3S/c1-15(16-8-10-17(24)11-9-16)25-22(27)20-14-18(12-13-21(20)23)26(2)30(28,29)19-6-4-3-5-7-19/h3-15H,1-2H3,(H,25,27)/t15-/m1/s1. The maximum atomic E-state index is 13.1. The lowest BCUT2D eigenvalue weighted by molar-refractivity contribution is 0.0940. The van der Waals surface area contributed by atoms with Crippen LogP contribution in [0.2, 0.25) is 5.02 Å². The van der Waals surface area contributed by atoms with Crippen LogP contribution in [0, 0.1) is 5.82 Å². The van der Waals surface area contributed by atoms with E-state index in [0.717, 1.165) is 9.87 Å². The SMILES string of the molecule is C[C@@H](NC(=O)c1cc(N(C)S(=O)(=O)c2ccccc2)ccc1Cl)c1ccc(F)cc1. The predicted molar refractivity (Wildman–Crippen MR) is 116 cm³/mol. The van der Waals surface area contributed by atoms with E-state index in [1.54, 1.807) is 37.3 Å². The summed E-state index contributed by atoms with van der Waals surface area (Å²) in [6.07, 6.45) is 0. The van der Waals surface area contributed by atoms with E-state index in [-0.39, 0.29) is 21.3 Å². The topological polar surface area (TPSA) is 66.5 Å². The lowest BCUT2D eigenvalue weighted by Crippen LogP contribution is -2.29. The number of amides is 1. The summed E-state index contributed by atoms with van der Waals surface area (Å²) >= 11 is 6.20. The molecule has 8 heteroatoms. The molecule has 0 radical (unpaired) electrons. The molecule has 1 amide bonds. The van der Waals surface area contributed by atoms with E-state index in [1.165, 1.54) is 49.5 Å². The van der Waals surface area contributed by atoms with E-state index < -0.39 is 22.0 Å². The zero-order chi connectivity index (χ0) is 21.9. The molecule has 1 N–H and O–H groups in total. The van der Waals surface area contributed by atoms with E-state index in [9.17, 15) is 17.6 Å². The molecule has 0 bridgehead atoms. The Morgan fingerprint density at radius 1 is 1.03 bits per heavy atom. The second-order valence-corrected chi connectivity index (χ2v) is 9.07. The summed E-state index contributed by atoms with van der Waals surface area (Å²) in [6.45, 7) is 1.76.